The second-order valence-corrected chi connectivity index (χ2v) is 6.25. The minimum atomic E-state index is 0.582. The van der Waals surface area contributed by atoms with E-state index in [1.165, 1.54) is 10.6 Å². The average Bonchev–Trinajstić information content (AvgIpc) is 2.84. The molecule has 1 aromatic carbocycles. The number of ether oxygens (including phenoxy) is 1. The predicted molar refractivity (Wildman–Crippen MR) is 84.5 cm³/mol. The zero-order valence-electron chi connectivity index (χ0n) is 11.2. The molecule has 19 heavy (non-hydrogen) atoms. The number of halogens is 1. The fourth-order valence-electron chi connectivity index (χ4n) is 2.02. The molecule has 0 bridgehead atoms. The highest BCUT2D eigenvalue weighted by molar-refractivity contribution is 9.09. The largest absolute Gasteiger partial charge is 0.497 e. The molecule has 102 valence electrons. The summed E-state index contributed by atoms with van der Waals surface area (Å²) < 4.78 is 5.18. The SMILES string of the molecule is COc1ccc(CC(CBr)Cc2nc(C)cs2)cc1. The van der Waals surface area contributed by atoms with E-state index < -0.39 is 0 Å². The van der Waals surface area contributed by atoms with Crippen LogP contribution in [0.1, 0.15) is 16.3 Å². The summed E-state index contributed by atoms with van der Waals surface area (Å²) in [6.07, 6.45) is 2.10. The van der Waals surface area contributed by atoms with Crippen LogP contribution in [-0.2, 0) is 12.8 Å². The Morgan fingerprint density at radius 2 is 2.00 bits per heavy atom. The van der Waals surface area contributed by atoms with Gasteiger partial charge in [-0.15, -0.1) is 11.3 Å². The molecular weight excluding hydrogens is 322 g/mol. The fraction of sp³-hybridized carbons (Fsp3) is 0.400. The lowest BCUT2D eigenvalue weighted by Crippen LogP contribution is -2.09. The normalized spacial score (nSPS) is 12.4. The Morgan fingerprint density at radius 3 is 2.53 bits per heavy atom. The van der Waals surface area contributed by atoms with Crippen molar-refractivity contribution in [3.05, 3.63) is 45.9 Å². The molecule has 1 aromatic heterocycles. The van der Waals surface area contributed by atoms with Crippen LogP contribution in [0.5, 0.6) is 5.75 Å². The quantitative estimate of drug-likeness (QED) is 0.733. The number of rotatable bonds is 6. The maximum Gasteiger partial charge on any atom is 0.118 e. The molecule has 0 aliphatic rings. The van der Waals surface area contributed by atoms with E-state index in [2.05, 4.69) is 38.4 Å². The van der Waals surface area contributed by atoms with E-state index in [9.17, 15) is 0 Å². The van der Waals surface area contributed by atoms with Crippen LogP contribution >= 0.6 is 27.3 Å². The topological polar surface area (TPSA) is 22.1 Å². The summed E-state index contributed by atoms with van der Waals surface area (Å²) in [6, 6.07) is 8.32. The number of aromatic nitrogens is 1. The number of methoxy groups -OCH3 is 1. The molecule has 1 unspecified atom stereocenters. The van der Waals surface area contributed by atoms with Crippen molar-refractivity contribution in [2.45, 2.75) is 19.8 Å². The van der Waals surface area contributed by atoms with Crippen LogP contribution in [0.15, 0.2) is 29.6 Å². The van der Waals surface area contributed by atoms with Gasteiger partial charge in [0.2, 0.25) is 0 Å². The zero-order chi connectivity index (χ0) is 13.7. The number of hydrogen-bond acceptors (Lipinski definition) is 3. The van der Waals surface area contributed by atoms with E-state index in [-0.39, 0.29) is 0 Å². The van der Waals surface area contributed by atoms with E-state index >= 15 is 0 Å². The number of alkyl halides is 1. The standard InChI is InChI=1S/C15H18BrNOS/c1-11-10-19-15(17-11)8-13(9-16)7-12-3-5-14(18-2)6-4-12/h3-6,10,13H,7-9H2,1-2H3. The van der Waals surface area contributed by atoms with Crippen molar-refractivity contribution in [2.24, 2.45) is 5.92 Å². The first-order valence-electron chi connectivity index (χ1n) is 6.31. The van der Waals surface area contributed by atoms with Gasteiger partial charge in [0, 0.05) is 22.8 Å². The first-order valence-corrected chi connectivity index (χ1v) is 8.31. The molecule has 0 aliphatic carbocycles. The third-order valence-electron chi connectivity index (χ3n) is 3.03. The molecule has 0 saturated heterocycles. The number of thiazole rings is 1. The van der Waals surface area contributed by atoms with Crippen LogP contribution in [0.25, 0.3) is 0 Å². The van der Waals surface area contributed by atoms with Gasteiger partial charge < -0.3 is 4.74 Å². The second-order valence-electron chi connectivity index (χ2n) is 4.66. The van der Waals surface area contributed by atoms with Gasteiger partial charge in [-0.1, -0.05) is 28.1 Å². The van der Waals surface area contributed by atoms with Crippen LogP contribution in [0.4, 0.5) is 0 Å². The molecule has 2 aromatic rings. The highest BCUT2D eigenvalue weighted by atomic mass is 79.9. The van der Waals surface area contributed by atoms with Crippen LogP contribution in [-0.4, -0.2) is 17.4 Å². The Hall–Kier alpha value is -0.870. The van der Waals surface area contributed by atoms with E-state index in [0.717, 1.165) is 29.6 Å². The van der Waals surface area contributed by atoms with Crippen molar-refractivity contribution in [3.8, 4) is 5.75 Å². The van der Waals surface area contributed by atoms with E-state index in [4.69, 9.17) is 4.74 Å². The Morgan fingerprint density at radius 1 is 1.26 bits per heavy atom. The van der Waals surface area contributed by atoms with Gasteiger partial charge in [0.05, 0.1) is 12.1 Å². The lowest BCUT2D eigenvalue weighted by atomic mass is 9.98. The molecule has 0 spiro atoms. The highest BCUT2D eigenvalue weighted by Crippen LogP contribution is 2.21. The van der Waals surface area contributed by atoms with Crippen molar-refractivity contribution in [3.63, 3.8) is 0 Å². The predicted octanol–water partition coefficient (Wildman–Crippen LogP) is 4.26. The van der Waals surface area contributed by atoms with E-state index in [1.807, 2.05) is 19.1 Å². The molecule has 1 atom stereocenters. The van der Waals surface area contributed by atoms with Crippen LogP contribution < -0.4 is 4.74 Å². The summed E-state index contributed by atoms with van der Waals surface area (Å²) in [7, 11) is 1.70. The molecule has 2 nitrogen and oxygen atoms in total. The lowest BCUT2D eigenvalue weighted by molar-refractivity contribution is 0.414. The molecule has 1 heterocycles. The average molecular weight is 340 g/mol. The van der Waals surface area contributed by atoms with Gasteiger partial charge in [0.25, 0.3) is 0 Å². The lowest BCUT2D eigenvalue weighted by Gasteiger charge is -2.12. The fourth-order valence-corrected chi connectivity index (χ4v) is 3.37. The van der Waals surface area contributed by atoms with Crippen molar-refractivity contribution in [1.29, 1.82) is 0 Å². The van der Waals surface area contributed by atoms with Gasteiger partial charge in [-0.05, 0) is 37.0 Å². The molecule has 4 heteroatoms. The van der Waals surface area contributed by atoms with Crippen molar-refractivity contribution in [1.82, 2.24) is 4.98 Å². The number of aryl methyl sites for hydroxylation is 1. The maximum atomic E-state index is 5.18. The van der Waals surface area contributed by atoms with Gasteiger partial charge >= 0.3 is 0 Å². The van der Waals surface area contributed by atoms with Crippen molar-refractivity contribution in [2.75, 3.05) is 12.4 Å². The van der Waals surface area contributed by atoms with E-state index in [1.54, 1.807) is 18.4 Å². The minimum absolute atomic E-state index is 0.582. The maximum absolute atomic E-state index is 5.18. The van der Waals surface area contributed by atoms with Gasteiger partial charge in [-0.3, -0.25) is 0 Å². The number of benzene rings is 1. The van der Waals surface area contributed by atoms with Gasteiger partial charge in [-0.2, -0.15) is 0 Å². The second kappa shape index (κ2) is 7.06. The molecule has 0 saturated carbocycles. The number of nitrogens with zero attached hydrogens (tertiary/aromatic N) is 1. The van der Waals surface area contributed by atoms with Gasteiger partial charge in [0.1, 0.15) is 5.75 Å². The third kappa shape index (κ3) is 4.32. The minimum Gasteiger partial charge on any atom is -0.497 e. The monoisotopic (exact) mass is 339 g/mol. The van der Waals surface area contributed by atoms with Gasteiger partial charge in [-0.25, -0.2) is 4.98 Å². The van der Waals surface area contributed by atoms with Crippen molar-refractivity contribution < 1.29 is 4.74 Å². The third-order valence-corrected chi connectivity index (χ3v) is 4.94. The Bertz CT molecular complexity index is 509. The molecule has 0 amide bonds. The van der Waals surface area contributed by atoms with Gasteiger partial charge in [0.15, 0.2) is 0 Å². The summed E-state index contributed by atoms with van der Waals surface area (Å²) in [5.74, 6) is 1.49. The molecule has 0 fully saturated rings. The van der Waals surface area contributed by atoms with Crippen molar-refractivity contribution >= 4 is 27.3 Å². The smallest absolute Gasteiger partial charge is 0.118 e. The highest BCUT2D eigenvalue weighted by Gasteiger charge is 2.12. The molecule has 2 rings (SSSR count). The Kier molecular flexibility index (Phi) is 5.40. The number of hydrogen-bond donors (Lipinski definition) is 0. The Labute approximate surface area is 127 Å². The molecule has 0 aliphatic heterocycles. The summed E-state index contributed by atoms with van der Waals surface area (Å²) in [6.45, 7) is 2.05. The summed E-state index contributed by atoms with van der Waals surface area (Å²) >= 11 is 5.38. The first kappa shape index (κ1) is 14.5. The summed E-state index contributed by atoms with van der Waals surface area (Å²) in [5, 5.41) is 4.35. The first-order chi connectivity index (χ1) is 9.21. The molecule has 0 radical (unpaired) electrons. The summed E-state index contributed by atoms with van der Waals surface area (Å²) in [4.78, 5) is 4.55. The van der Waals surface area contributed by atoms with Crippen LogP contribution in [0, 0.1) is 12.8 Å². The zero-order valence-corrected chi connectivity index (χ0v) is 13.6. The van der Waals surface area contributed by atoms with Crippen LogP contribution in [0.2, 0.25) is 0 Å². The molecular formula is C15H18BrNOS. The molecule has 0 N–H and O–H groups in total. The Balaban J connectivity index is 1.97. The van der Waals surface area contributed by atoms with E-state index in [0.29, 0.717) is 5.92 Å². The summed E-state index contributed by atoms with van der Waals surface area (Å²) in [5.41, 5.74) is 2.47. The van der Waals surface area contributed by atoms with Crippen LogP contribution in [0.3, 0.4) is 0 Å².